The van der Waals surface area contributed by atoms with Gasteiger partial charge < -0.3 is 20.5 Å². The third-order valence-corrected chi connectivity index (χ3v) is 8.50. The van der Waals surface area contributed by atoms with Crippen molar-refractivity contribution in [3.8, 4) is 27.4 Å². The van der Waals surface area contributed by atoms with E-state index in [0.717, 1.165) is 29.2 Å². The number of nitrogens with zero attached hydrogens (tertiary/aromatic N) is 1. The summed E-state index contributed by atoms with van der Waals surface area (Å²) in [4.78, 5) is 18.8. The summed E-state index contributed by atoms with van der Waals surface area (Å²) in [7, 11) is 0. The van der Waals surface area contributed by atoms with Crippen LogP contribution in [0.1, 0.15) is 47.8 Å². The highest BCUT2D eigenvalue weighted by Crippen LogP contribution is 2.39. The van der Waals surface area contributed by atoms with Crippen LogP contribution in [0.4, 0.5) is 8.78 Å². The van der Waals surface area contributed by atoms with Crippen molar-refractivity contribution in [3.05, 3.63) is 130 Å². The number of aryl methyl sites for hydroxylation is 1. The Labute approximate surface area is 278 Å². The van der Waals surface area contributed by atoms with Crippen LogP contribution in [0.5, 0.6) is 5.75 Å². The molecule has 0 saturated carbocycles. The first-order chi connectivity index (χ1) is 22.7. The fourth-order valence-corrected chi connectivity index (χ4v) is 6.10. The molecular formula is C38H39F2N3O3S. The van der Waals surface area contributed by atoms with Crippen molar-refractivity contribution in [2.75, 3.05) is 6.54 Å². The normalized spacial score (nSPS) is 12.6. The lowest BCUT2D eigenvalue weighted by molar-refractivity contribution is 0.0825. The molecule has 0 spiro atoms. The van der Waals surface area contributed by atoms with Crippen LogP contribution in [0, 0.1) is 11.6 Å². The van der Waals surface area contributed by atoms with Gasteiger partial charge in [-0.15, -0.1) is 11.3 Å². The Morgan fingerprint density at radius 1 is 0.915 bits per heavy atom. The van der Waals surface area contributed by atoms with Crippen LogP contribution in [0.3, 0.4) is 0 Å². The molecule has 0 aliphatic rings. The topological polar surface area (TPSA) is 83.5 Å². The average molecular weight is 656 g/mol. The third-order valence-electron chi connectivity index (χ3n) is 7.70. The molecule has 3 N–H and O–H groups in total. The van der Waals surface area contributed by atoms with Gasteiger partial charge in [0.25, 0.3) is 5.91 Å². The van der Waals surface area contributed by atoms with E-state index < -0.39 is 29.7 Å². The van der Waals surface area contributed by atoms with Crippen LogP contribution in [0.15, 0.2) is 96.5 Å². The molecule has 0 aliphatic heterocycles. The van der Waals surface area contributed by atoms with Crippen molar-refractivity contribution in [3.63, 3.8) is 0 Å². The third kappa shape index (κ3) is 9.10. The van der Waals surface area contributed by atoms with Crippen molar-refractivity contribution in [1.29, 1.82) is 0 Å². The highest BCUT2D eigenvalue weighted by Gasteiger charge is 2.27. The fourth-order valence-electron chi connectivity index (χ4n) is 5.45. The number of benzene rings is 4. The molecule has 4 aromatic carbocycles. The van der Waals surface area contributed by atoms with Gasteiger partial charge in [-0.05, 0) is 78.8 Å². The number of aliphatic hydroxyl groups is 1. The monoisotopic (exact) mass is 655 g/mol. The van der Waals surface area contributed by atoms with Crippen molar-refractivity contribution in [1.82, 2.24) is 15.6 Å². The van der Waals surface area contributed by atoms with E-state index in [0.29, 0.717) is 28.4 Å². The second-order valence-electron chi connectivity index (χ2n) is 11.7. The quantitative estimate of drug-likeness (QED) is 0.115. The van der Waals surface area contributed by atoms with Gasteiger partial charge in [-0.25, -0.2) is 13.8 Å². The summed E-state index contributed by atoms with van der Waals surface area (Å²) in [5.41, 5.74) is 5.20. The molecule has 5 aromatic rings. The molecule has 0 bridgehead atoms. The predicted octanol–water partition coefficient (Wildman–Crippen LogP) is 7.60. The number of hydrogen-bond donors (Lipinski definition) is 3. The Hall–Kier alpha value is -4.44. The van der Waals surface area contributed by atoms with Crippen LogP contribution in [-0.4, -0.2) is 40.8 Å². The molecule has 5 rings (SSSR count). The Bertz CT molecular complexity index is 1760. The van der Waals surface area contributed by atoms with Crippen LogP contribution in [0.25, 0.3) is 21.7 Å². The molecule has 1 heterocycles. The lowest BCUT2D eigenvalue weighted by Crippen LogP contribution is -2.48. The molecule has 47 heavy (non-hydrogen) atoms. The standard InChI is InChI=1S/C38H39F2N3O3S/c1-4-25-9-8-10-26(15-25)22-41-23-35(44)34(18-27-16-30(39)21-31(40)17-27)43-37(45)32-19-29(28-11-6-5-7-12-28)20-33(36(32)46-24(2)3)38-42-13-14-47-38/h5-17,19-21,24,34-35,41,44H,4,18,22-23H2,1-3H3,(H,43,45)/t34-,35+/m0/s1. The summed E-state index contributed by atoms with van der Waals surface area (Å²) in [5, 5.41) is 20.2. The van der Waals surface area contributed by atoms with Gasteiger partial charge in [-0.3, -0.25) is 4.79 Å². The first-order valence-corrected chi connectivity index (χ1v) is 16.6. The van der Waals surface area contributed by atoms with E-state index in [-0.39, 0.29) is 24.6 Å². The molecule has 0 fully saturated rings. The maximum absolute atomic E-state index is 14.3. The highest BCUT2D eigenvalue weighted by molar-refractivity contribution is 7.13. The minimum atomic E-state index is -1.09. The number of hydrogen-bond acceptors (Lipinski definition) is 6. The number of rotatable bonds is 14. The molecule has 0 unspecified atom stereocenters. The van der Waals surface area contributed by atoms with E-state index in [4.69, 9.17) is 4.74 Å². The van der Waals surface area contributed by atoms with Gasteiger partial charge in [0.15, 0.2) is 0 Å². The van der Waals surface area contributed by atoms with Crippen LogP contribution in [-0.2, 0) is 19.4 Å². The zero-order valence-corrected chi connectivity index (χ0v) is 27.5. The second-order valence-corrected chi connectivity index (χ2v) is 12.6. The molecule has 0 aliphatic carbocycles. The molecule has 0 radical (unpaired) electrons. The molecule has 6 nitrogen and oxygen atoms in total. The lowest BCUT2D eigenvalue weighted by atomic mass is 9.96. The molecular weight excluding hydrogens is 616 g/mol. The molecule has 0 saturated heterocycles. The SMILES string of the molecule is CCc1cccc(CNC[C@@H](O)[C@H](Cc2cc(F)cc(F)c2)NC(=O)c2cc(-c3ccccc3)cc(-c3nccs3)c2OC(C)C)c1. The van der Waals surface area contributed by atoms with E-state index in [1.165, 1.54) is 29.0 Å². The summed E-state index contributed by atoms with van der Waals surface area (Å²) < 4.78 is 34.7. The van der Waals surface area contributed by atoms with Crippen molar-refractivity contribution < 1.29 is 23.4 Å². The van der Waals surface area contributed by atoms with Gasteiger partial charge in [0.1, 0.15) is 22.4 Å². The fraction of sp³-hybridized carbons (Fsp3) is 0.263. The zero-order chi connectivity index (χ0) is 33.3. The van der Waals surface area contributed by atoms with E-state index in [1.807, 2.05) is 67.8 Å². The van der Waals surface area contributed by atoms with Crippen LogP contribution >= 0.6 is 11.3 Å². The molecule has 1 aromatic heterocycles. The average Bonchev–Trinajstić information content (AvgIpc) is 3.59. The Kier molecular flexibility index (Phi) is 11.5. The number of halogens is 2. The molecule has 2 atom stereocenters. The summed E-state index contributed by atoms with van der Waals surface area (Å²) in [5.74, 6) is -1.59. The minimum absolute atomic E-state index is 0.00727. The molecule has 9 heteroatoms. The zero-order valence-electron chi connectivity index (χ0n) is 26.7. The highest BCUT2D eigenvalue weighted by atomic mass is 32.1. The van der Waals surface area contributed by atoms with Crippen molar-refractivity contribution >= 4 is 17.2 Å². The van der Waals surface area contributed by atoms with E-state index in [9.17, 15) is 18.7 Å². The van der Waals surface area contributed by atoms with Gasteiger partial charge in [0, 0.05) is 30.7 Å². The summed E-state index contributed by atoms with van der Waals surface area (Å²) in [6, 6.07) is 23.9. The number of thiazole rings is 1. The van der Waals surface area contributed by atoms with Gasteiger partial charge in [-0.1, -0.05) is 61.5 Å². The predicted molar refractivity (Wildman–Crippen MR) is 184 cm³/mol. The number of aliphatic hydroxyl groups excluding tert-OH is 1. The van der Waals surface area contributed by atoms with Gasteiger partial charge in [-0.2, -0.15) is 0 Å². The number of amides is 1. The van der Waals surface area contributed by atoms with Crippen molar-refractivity contribution in [2.24, 2.45) is 0 Å². The first kappa shape index (κ1) is 33.9. The number of nitrogens with one attached hydrogen (secondary N) is 2. The Morgan fingerprint density at radius 3 is 2.34 bits per heavy atom. The smallest absolute Gasteiger partial charge is 0.255 e. The number of carbonyl (C=O) groups excluding carboxylic acids is 1. The Morgan fingerprint density at radius 2 is 1.66 bits per heavy atom. The molecule has 1 amide bonds. The van der Waals surface area contributed by atoms with Gasteiger partial charge in [0.2, 0.25) is 0 Å². The van der Waals surface area contributed by atoms with Gasteiger partial charge >= 0.3 is 0 Å². The second kappa shape index (κ2) is 15.9. The summed E-state index contributed by atoms with van der Waals surface area (Å²) >= 11 is 1.43. The van der Waals surface area contributed by atoms with Gasteiger partial charge in [0.05, 0.1) is 29.4 Å². The van der Waals surface area contributed by atoms with E-state index >= 15 is 0 Å². The summed E-state index contributed by atoms with van der Waals surface area (Å²) in [6.45, 7) is 6.48. The lowest BCUT2D eigenvalue weighted by Gasteiger charge is -2.26. The van der Waals surface area contributed by atoms with Crippen LogP contribution in [0.2, 0.25) is 0 Å². The summed E-state index contributed by atoms with van der Waals surface area (Å²) in [6.07, 6.45) is 1.25. The Balaban J connectivity index is 1.49. The number of ether oxygens (including phenoxy) is 1. The first-order valence-electron chi connectivity index (χ1n) is 15.7. The maximum Gasteiger partial charge on any atom is 0.255 e. The number of carbonyl (C=O) groups is 1. The van der Waals surface area contributed by atoms with E-state index in [2.05, 4.69) is 34.7 Å². The largest absolute Gasteiger partial charge is 0.489 e. The van der Waals surface area contributed by atoms with Crippen molar-refractivity contribution in [2.45, 2.75) is 58.4 Å². The van der Waals surface area contributed by atoms with Crippen LogP contribution < -0.4 is 15.4 Å². The molecule has 244 valence electrons. The van der Waals surface area contributed by atoms with E-state index in [1.54, 1.807) is 12.3 Å². The number of aromatic nitrogens is 1. The maximum atomic E-state index is 14.3. The minimum Gasteiger partial charge on any atom is -0.489 e.